The molecule has 1 amide bonds. The topological polar surface area (TPSA) is 29.1 Å². The third kappa shape index (κ3) is 5.21. The van der Waals surface area contributed by atoms with E-state index < -0.39 is 24.5 Å². The van der Waals surface area contributed by atoms with Gasteiger partial charge in [0.15, 0.2) is 0 Å². The highest BCUT2D eigenvalue weighted by atomic mass is 79.9. The third-order valence-electron chi connectivity index (χ3n) is 2.00. The van der Waals surface area contributed by atoms with E-state index >= 15 is 0 Å². The number of benzene rings is 1. The maximum atomic E-state index is 12.1. The lowest BCUT2D eigenvalue weighted by molar-refractivity contribution is -0.138. The van der Waals surface area contributed by atoms with Gasteiger partial charge in [-0.25, -0.2) is 0 Å². The van der Waals surface area contributed by atoms with Gasteiger partial charge in [0.2, 0.25) is 0 Å². The number of nitrogens with one attached hydrogen (secondary N) is 1. The predicted molar refractivity (Wildman–Crippen MR) is 61.7 cm³/mol. The Morgan fingerprint density at radius 3 is 2.65 bits per heavy atom. The maximum Gasteiger partial charge on any atom is 0.391 e. The Bertz CT molecular complexity index is 406. The molecule has 0 saturated heterocycles. The normalized spacial score (nSPS) is 13.2. The van der Waals surface area contributed by atoms with Crippen molar-refractivity contribution < 1.29 is 18.0 Å². The zero-order valence-corrected chi connectivity index (χ0v) is 10.6. The minimum atomic E-state index is -4.27. The number of hydrogen-bond acceptors (Lipinski definition) is 1. The van der Waals surface area contributed by atoms with Crippen LogP contribution >= 0.6 is 15.9 Å². The van der Waals surface area contributed by atoms with Gasteiger partial charge in [-0.1, -0.05) is 22.0 Å². The third-order valence-corrected chi connectivity index (χ3v) is 2.50. The van der Waals surface area contributed by atoms with Crippen LogP contribution in [-0.2, 0) is 0 Å². The second kappa shape index (κ2) is 5.53. The monoisotopic (exact) mass is 309 g/mol. The van der Waals surface area contributed by atoms with Gasteiger partial charge >= 0.3 is 6.18 Å². The Balaban J connectivity index is 2.61. The Morgan fingerprint density at radius 2 is 2.12 bits per heavy atom. The van der Waals surface area contributed by atoms with Gasteiger partial charge in [0.05, 0.1) is 6.42 Å². The number of carbonyl (C=O) groups is 1. The maximum absolute atomic E-state index is 12.1. The molecule has 1 atom stereocenters. The highest BCUT2D eigenvalue weighted by Crippen LogP contribution is 2.21. The van der Waals surface area contributed by atoms with Crippen molar-refractivity contribution in [1.29, 1.82) is 0 Å². The molecule has 17 heavy (non-hydrogen) atoms. The van der Waals surface area contributed by atoms with Gasteiger partial charge in [-0.05, 0) is 25.1 Å². The minimum Gasteiger partial charge on any atom is -0.349 e. The van der Waals surface area contributed by atoms with Gasteiger partial charge in [-0.2, -0.15) is 13.2 Å². The van der Waals surface area contributed by atoms with Crippen LogP contribution in [0.5, 0.6) is 0 Å². The van der Waals surface area contributed by atoms with Crippen LogP contribution in [0.2, 0.25) is 0 Å². The van der Waals surface area contributed by atoms with E-state index in [1.165, 1.54) is 6.92 Å². The molecule has 0 bridgehead atoms. The summed E-state index contributed by atoms with van der Waals surface area (Å²) >= 11 is 3.19. The van der Waals surface area contributed by atoms with Crippen LogP contribution in [0.15, 0.2) is 28.7 Å². The van der Waals surface area contributed by atoms with E-state index in [1.807, 2.05) is 0 Å². The first-order valence-electron chi connectivity index (χ1n) is 4.91. The molecule has 0 radical (unpaired) electrons. The molecular weight excluding hydrogens is 299 g/mol. The second-order valence-corrected chi connectivity index (χ2v) is 4.62. The van der Waals surface area contributed by atoms with E-state index in [-0.39, 0.29) is 0 Å². The summed E-state index contributed by atoms with van der Waals surface area (Å²) in [4.78, 5) is 11.6. The Kier molecular flexibility index (Phi) is 4.56. The average molecular weight is 310 g/mol. The SMILES string of the molecule is CC(CC(F)(F)F)NC(=O)c1cccc(Br)c1. The number of alkyl halides is 3. The summed E-state index contributed by atoms with van der Waals surface area (Å²) in [6.07, 6.45) is -5.31. The first kappa shape index (κ1) is 14.0. The fraction of sp³-hybridized carbons (Fsp3) is 0.364. The van der Waals surface area contributed by atoms with Crippen LogP contribution in [0.25, 0.3) is 0 Å². The van der Waals surface area contributed by atoms with E-state index in [9.17, 15) is 18.0 Å². The lowest BCUT2D eigenvalue weighted by atomic mass is 10.2. The molecule has 0 aliphatic carbocycles. The summed E-state index contributed by atoms with van der Waals surface area (Å²) in [6.45, 7) is 1.32. The van der Waals surface area contributed by atoms with Crippen molar-refractivity contribution in [2.24, 2.45) is 0 Å². The van der Waals surface area contributed by atoms with Gasteiger partial charge < -0.3 is 5.32 Å². The van der Waals surface area contributed by atoms with E-state index in [2.05, 4.69) is 21.2 Å². The molecule has 1 N–H and O–H groups in total. The van der Waals surface area contributed by atoms with E-state index in [0.717, 1.165) is 0 Å². The number of rotatable bonds is 3. The summed E-state index contributed by atoms with van der Waals surface area (Å²) in [5, 5.41) is 2.30. The molecule has 0 fully saturated rings. The molecule has 0 heterocycles. The van der Waals surface area contributed by atoms with Crippen molar-refractivity contribution in [2.45, 2.75) is 25.6 Å². The summed E-state index contributed by atoms with van der Waals surface area (Å²) in [7, 11) is 0. The molecule has 0 aliphatic heterocycles. The largest absolute Gasteiger partial charge is 0.391 e. The van der Waals surface area contributed by atoms with Crippen molar-refractivity contribution in [3.05, 3.63) is 34.3 Å². The zero-order valence-electron chi connectivity index (χ0n) is 9.01. The summed E-state index contributed by atoms with van der Waals surface area (Å²) in [6, 6.07) is 5.53. The van der Waals surface area contributed by atoms with Crippen molar-refractivity contribution in [3.63, 3.8) is 0 Å². The summed E-state index contributed by atoms with van der Waals surface area (Å²) in [5.41, 5.74) is 0.327. The van der Waals surface area contributed by atoms with Crippen molar-refractivity contribution in [3.8, 4) is 0 Å². The van der Waals surface area contributed by atoms with Crippen LogP contribution < -0.4 is 5.32 Å². The van der Waals surface area contributed by atoms with Crippen molar-refractivity contribution in [1.82, 2.24) is 5.32 Å². The molecule has 1 unspecified atom stereocenters. The molecule has 2 nitrogen and oxygen atoms in total. The molecule has 0 aliphatic rings. The Labute approximate surface area is 105 Å². The quantitative estimate of drug-likeness (QED) is 0.909. The van der Waals surface area contributed by atoms with Crippen LogP contribution in [-0.4, -0.2) is 18.1 Å². The van der Waals surface area contributed by atoms with Crippen LogP contribution in [0.4, 0.5) is 13.2 Å². The molecule has 0 spiro atoms. The number of halogens is 4. The lowest BCUT2D eigenvalue weighted by Crippen LogP contribution is -2.35. The fourth-order valence-corrected chi connectivity index (χ4v) is 1.73. The average Bonchev–Trinajstić information content (AvgIpc) is 2.14. The molecule has 1 rings (SSSR count). The highest BCUT2D eigenvalue weighted by Gasteiger charge is 2.30. The minimum absolute atomic E-state index is 0.327. The van der Waals surface area contributed by atoms with Crippen LogP contribution in [0.3, 0.4) is 0 Å². The van der Waals surface area contributed by atoms with Gasteiger partial charge in [0, 0.05) is 16.1 Å². The van der Waals surface area contributed by atoms with Gasteiger partial charge in [-0.15, -0.1) is 0 Å². The first-order valence-corrected chi connectivity index (χ1v) is 5.70. The fourth-order valence-electron chi connectivity index (χ4n) is 1.34. The van der Waals surface area contributed by atoms with E-state index in [0.29, 0.717) is 10.0 Å². The summed E-state index contributed by atoms with van der Waals surface area (Å²) in [5.74, 6) is -0.511. The van der Waals surface area contributed by atoms with Gasteiger partial charge in [0.25, 0.3) is 5.91 Å². The van der Waals surface area contributed by atoms with Gasteiger partial charge in [0.1, 0.15) is 0 Å². The molecule has 0 aromatic heterocycles. The van der Waals surface area contributed by atoms with Crippen molar-refractivity contribution in [2.75, 3.05) is 0 Å². The number of hydrogen-bond donors (Lipinski definition) is 1. The van der Waals surface area contributed by atoms with Gasteiger partial charge in [-0.3, -0.25) is 4.79 Å². The van der Waals surface area contributed by atoms with E-state index in [4.69, 9.17) is 0 Å². The number of amides is 1. The predicted octanol–water partition coefficient (Wildman–Crippen LogP) is 3.52. The van der Waals surface area contributed by atoms with E-state index in [1.54, 1.807) is 24.3 Å². The van der Waals surface area contributed by atoms with Crippen LogP contribution in [0, 0.1) is 0 Å². The smallest absolute Gasteiger partial charge is 0.349 e. The van der Waals surface area contributed by atoms with Crippen molar-refractivity contribution >= 4 is 21.8 Å². The molecule has 0 saturated carbocycles. The first-order chi connectivity index (χ1) is 7.78. The molecule has 1 aromatic rings. The Morgan fingerprint density at radius 1 is 1.47 bits per heavy atom. The number of carbonyl (C=O) groups excluding carboxylic acids is 1. The summed E-state index contributed by atoms with van der Waals surface area (Å²) < 4.78 is 36.9. The van der Waals surface area contributed by atoms with Crippen LogP contribution in [0.1, 0.15) is 23.7 Å². The zero-order chi connectivity index (χ0) is 13.1. The Hall–Kier alpha value is -1.04. The molecular formula is C11H11BrF3NO. The highest BCUT2D eigenvalue weighted by molar-refractivity contribution is 9.10. The molecule has 6 heteroatoms. The second-order valence-electron chi connectivity index (χ2n) is 3.70. The lowest BCUT2D eigenvalue weighted by Gasteiger charge is -2.15. The standard InChI is InChI=1S/C11H11BrF3NO/c1-7(6-11(13,14)15)16-10(17)8-3-2-4-9(12)5-8/h2-5,7H,6H2,1H3,(H,16,17). The molecule has 94 valence electrons. The molecule has 1 aromatic carbocycles.